The molecule has 2 aliphatic rings. The Balaban J connectivity index is 1.75. The molecule has 0 radical (unpaired) electrons. The summed E-state index contributed by atoms with van der Waals surface area (Å²) in [7, 11) is -0.281. The predicted molar refractivity (Wildman–Crippen MR) is 97.4 cm³/mol. The lowest BCUT2D eigenvalue weighted by molar-refractivity contribution is 0.557. The molecule has 0 amide bonds. The van der Waals surface area contributed by atoms with E-state index < -0.39 is 0 Å². The predicted octanol–water partition coefficient (Wildman–Crippen LogP) is 4.64. The van der Waals surface area contributed by atoms with Crippen LogP contribution in [0.4, 0.5) is 0 Å². The van der Waals surface area contributed by atoms with Crippen molar-refractivity contribution < 1.29 is 0 Å². The Bertz CT molecular complexity index is 632. The van der Waals surface area contributed by atoms with Crippen LogP contribution in [-0.4, -0.2) is 5.66 Å². The number of fused-ring (bicyclic) bond motifs is 1. The van der Waals surface area contributed by atoms with E-state index in [0.717, 1.165) is 17.5 Å². The molecule has 0 heterocycles. The lowest BCUT2D eigenvalue weighted by Gasteiger charge is -2.31. The van der Waals surface area contributed by atoms with Crippen LogP contribution in [0, 0.1) is 11.8 Å². The maximum atomic E-state index is 2.46. The van der Waals surface area contributed by atoms with Crippen molar-refractivity contribution in [3.8, 4) is 0 Å². The van der Waals surface area contributed by atoms with Gasteiger partial charge < -0.3 is 0 Å². The monoisotopic (exact) mass is 304 g/mol. The molecule has 0 spiro atoms. The zero-order chi connectivity index (χ0) is 14.8. The average Bonchev–Trinajstić information content (AvgIpc) is 3.01. The lowest BCUT2D eigenvalue weighted by Crippen LogP contribution is -2.26. The summed E-state index contributed by atoms with van der Waals surface area (Å²) < 4.78 is 0. The lowest BCUT2D eigenvalue weighted by atomic mass is 9.92. The quantitative estimate of drug-likeness (QED) is 0.725. The first-order valence-corrected chi connectivity index (χ1v) is 9.59. The highest BCUT2D eigenvalue weighted by Crippen LogP contribution is 2.53. The van der Waals surface area contributed by atoms with Gasteiger partial charge in [0.25, 0.3) is 0 Å². The molecule has 0 nitrogen and oxygen atoms in total. The molecule has 3 atom stereocenters. The highest BCUT2D eigenvalue weighted by molar-refractivity contribution is 7.73. The Kier molecular flexibility index (Phi) is 3.95. The van der Waals surface area contributed by atoms with Crippen molar-refractivity contribution in [3.63, 3.8) is 0 Å². The van der Waals surface area contributed by atoms with Crippen LogP contribution in [0.2, 0.25) is 0 Å². The first kappa shape index (κ1) is 14.0. The first-order valence-electron chi connectivity index (χ1n) is 8.18. The van der Waals surface area contributed by atoms with E-state index in [9.17, 15) is 0 Å². The second kappa shape index (κ2) is 6.23. The average molecular weight is 304 g/mol. The Morgan fingerprint density at radius 3 is 1.91 bits per heavy atom. The summed E-state index contributed by atoms with van der Waals surface area (Å²) in [5.74, 6) is 1.48. The minimum Gasteiger partial charge on any atom is -0.0808 e. The molecule has 2 aromatic rings. The zero-order valence-electron chi connectivity index (χ0n) is 12.7. The standard InChI is InChI=1S/C21H21P/c1-3-10-18(11-4-1)22(19-12-5-2-6-13-19)21-16-15-17-9-7-8-14-20(17)21/h1-14,17,20-21H,15-16H2. The Morgan fingerprint density at radius 1 is 0.682 bits per heavy atom. The van der Waals surface area contributed by atoms with E-state index in [1.165, 1.54) is 23.5 Å². The molecule has 1 heteroatoms. The van der Waals surface area contributed by atoms with E-state index >= 15 is 0 Å². The SMILES string of the molecule is C1=CC2CCC(P(c3ccccc3)c3ccccc3)C2C=C1. The fraction of sp³-hybridized carbons (Fsp3) is 0.238. The van der Waals surface area contributed by atoms with Crippen LogP contribution >= 0.6 is 7.92 Å². The van der Waals surface area contributed by atoms with Gasteiger partial charge in [0, 0.05) is 0 Å². The van der Waals surface area contributed by atoms with E-state index in [1.54, 1.807) is 0 Å². The van der Waals surface area contributed by atoms with Gasteiger partial charge >= 0.3 is 0 Å². The highest BCUT2D eigenvalue weighted by Gasteiger charge is 2.39. The molecular formula is C21H21P. The second-order valence-electron chi connectivity index (χ2n) is 6.20. The van der Waals surface area contributed by atoms with Gasteiger partial charge in [-0.25, -0.2) is 0 Å². The fourth-order valence-corrected chi connectivity index (χ4v) is 7.06. The van der Waals surface area contributed by atoms with Gasteiger partial charge in [0.15, 0.2) is 0 Å². The van der Waals surface area contributed by atoms with Crippen molar-refractivity contribution in [3.05, 3.63) is 85.0 Å². The van der Waals surface area contributed by atoms with Gasteiger partial charge in [-0.05, 0) is 48.9 Å². The largest absolute Gasteiger partial charge is 0.0808 e. The second-order valence-corrected chi connectivity index (χ2v) is 8.63. The molecule has 0 aromatic heterocycles. The van der Waals surface area contributed by atoms with Crippen LogP contribution in [0.1, 0.15) is 12.8 Å². The summed E-state index contributed by atoms with van der Waals surface area (Å²) in [6.45, 7) is 0. The number of rotatable bonds is 3. The van der Waals surface area contributed by atoms with Crippen molar-refractivity contribution in [2.45, 2.75) is 18.5 Å². The third-order valence-corrected chi connectivity index (χ3v) is 7.91. The number of allylic oxidation sites excluding steroid dienone is 4. The van der Waals surface area contributed by atoms with Gasteiger partial charge in [-0.3, -0.25) is 0 Å². The van der Waals surface area contributed by atoms with Crippen LogP contribution in [0.15, 0.2) is 85.0 Å². The maximum Gasteiger partial charge on any atom is -0.00599 e. The van der Waals surface area contributed by atoms with Crippen molar-refractivity contribution in [2.24, 2.45) is 11.8 Å². The summed E-state index contributed by atoms with van der Waals surface area (Å²) in [6.07, 6.45) is 12.1. The summed E-state index contributed by atoms with van der Waals surface area (Å²) in [5.41, 5.74) is 0.769. The van der Waals surface area contributed by atoms with Crippen LogP contribution < -0.4 is 10.6 Å². The molecule has 2 aromatic carbocycles. The molecular weight excluding hydrogens is 283 g/mol. The molecule has 3 unspecified atom stereocenters. The van der Waals surface area contributed by atoms with Crippen molar-refractivity contribution in [1.82, 2.24) is 0 Å². The molecule has 4 rings (SSSR count). The Hall–Kier alpha value is -1.65. The van der Waals surface area contributed by atoms with Gasteiger partial charge in [0.05, 0.1) is 0 Å². The number of hydrogen-bond acceptors (Lipinski definition) is 0. The summed E-state index contributed by atoms with van der Waals surface area (Å²) in [4.78, 5) is 0. The molecule has 1 saturated carbocycles. The molecule has 0 N–H and O–H groups in total. The molecule has 22 heavy (non-hydrogen) atoms. The smallest absolute Gasteiger partial charge is 0.00599 e. The number of benzene rings is 2. The number of hydrogen-bond donors (Lipinski definition) is 0. The van der Waals surface area contributed by atoms with Gasteiger partial charge in [-0.15, -0.1) is 0 Å². The zero-order valence-corrected chi connectivity index (χ0v) is 13.6. The molecule has 0 bridgehead atoms. The third kappa shape index (κ3) is 2.57. The normalized spacial score (nSPS) is 26.3. The molecule has 110 valence electrons. The first-order chi connectivity index (χ1) is 10.9. The van der Waals surface area contributed by atoms with Crippen LogP contribution in [0.25, 0.3) is 0 Å². The molecule has 0 saturated heterocycles. The van der Waals surface area contributed by atoms with Gasteiger partial charge in [0.1, 0.15) is 0 Å². The van der Waals surface area contributed by atoms with Crippen molar-refractivity contribution >= 4 is 18.5 Å². The molecule has 2 aliphatic carbocycles. The Morgan fingerprint density at radius 2 is 1.27 bits per heavy atom. The van der Waals surface area contributed by atoms with E-state index in [1.807, 2.05) is 0 Å². The van der Waals surface area contributed by atoms with Crippen molar-refractivity contribution in [1.29, 1.82) is 0 Å². The van der Waals surface area contributed by atoms with E-state index in [0.29, 0.717) is 0 Å². The third-order valence-electron chi connectivity index (χ3n) is 4.94. The summed E-state index contributed by atoms with van der Waals surface area (Å²) in [6, 6.07) is 22.3. The highest BCUT2D eigenvalue weighted by atomic mass is 31.1. The van der Waals surface area contributed by atoms with Gasteiger partial charge in [0.2, 0.25) is 0 Å². The van der Waals surface area contributed by atoms with E-state index in [4.69, 9.17) is 0 Å². The van der Waals surface area contributed by atoms with Gasteiger partial charge in [-0.1, -0.05) is 85.0 Å². The van der Waals surface area contributed by atoms with E-state index in [-0.39, 0.29) is 7.92 Å². The molecule has 1 fully saturated rings. The fourth-order valence-electron chi connectivity index (χ4n) is 3.94. The summed E-state index contributed by atoms with van der Waals surface area (Å²) in [5, 5.41) is 3.05. The summed E-state index contributed by atoms with van der Waals surface area (Å²) >= 11 is 0. The minimum atomic E-state index is -0.281. The van der Waals surface area contributed by atoms with Crippen LogP contribution in [0.3, 0.4) is 0 Å². The van der Waals surface area contributed by atoms with Gasteiger partial charge in [-0.2, -0.15) is 0 Å². The molecule has 0 aliphatic heterocycles. The van der Waals surface area contributed by atoms with Crippen molar-refractivity contribution in [2.75, 3.05) is 0 Å². The van der Waals surface area contributed by atoms with Crippen LogP contribution in [0.5, 0.6) is 0 Å². The van der Waals surface area contributed by atoms with E-state index in [2.05, 4.69) is 85.0 Å². The van der Waals surface area contributed by atoms with Crippen LogP contribution in [-0.2, 0) is 0 Å². The Labute approximate surface area is 134 Å². The topological polar surface area (TPSA) is 0 Å². The maximum absolute atomic E-state index is 2.46. The minimum absolute atomic E-state index is 0.281.